The van der Waals surface area contributed by atoms with Gasteiger partial charge in [0.25, 0.3) is 0 Å². The van der Waals surface area contributed by atoms with Gasteiger partial charge in [0.2, 0.25) is 0 Å². The molecule has 0 unspecified atom stereocenters. The summed E-state index contributed by atoms with van der Waals surface area (Å²) in [5, 5.41) is 8.88. The van der Waals surface area contributed by atoms with E-state index in [1.54, 1.807) is 6.07 Å². The molecule has 0 bridgehead atoms. The fourth-order valence-corrected chi connectivity index (χ4v) is 3.13. The van der Waals surface area contributed by atoms with Gasteiger partial charge in [-0.1, -0.05) is 31.0 Å². The molecule has 2 rings (SSSR count). The molecule has 1 N–H and O–H groups in total. The molecule has 0 saturated carbocycles. The molecule has 21 heavy (non-hydrogen) atoms. The molecule has 1 fully saturated rings. The summed E-state index contributed by atoms with van der Waals surface area (Å²) in [4.78, 5) is 2.28. The van der Waals surface area contributed by atoms with Crippen molar-refractivity contribution in [3.8, 4) is 6.07 Å². The van der Waals surface area contributed by atoms with Gasteiger partial charge in [-0.25, -0.2) is 4.39 Å². The van der Waals surface area contributed by atoms with Crippen LogP contribution < -0.4 is 4.72 Å². The van der Waals surface area contributed by atoms with Gasteiger partial charge in [-0.2, -0.15) is 5.26 Å². The Kier molecular flexibility index (Phi) is 5.49. The standard InChI is InChI=1S/C16H22FN3S/c1-16(6-9-18)7-10-20(11-8-16)12-13-4-3-5-14(15(13)17)19-21-2/h3-5,19H,6-8,10-12H2,1-2H3. The Balaban J connectivity index is 1.98. The van der Waals surface area contributed by atoms with Crippen LogP contribution >= 0.6 is 11.9 Å². The van der Waals surface area contributed by atoms with Crippen LogP contribution in [0.15, 0.2) is 18.2 Å². The molecule has 1 aromatic carbocycles. The minimum absolute atomic E-state index is 0.131. The number of nitrogens with one attached hydrogen (secondary N) is 1. The lowest BCUT2D eigenvalue weighted by Crippen LogP contribution is -2.38. The van der Waals surface area contributed by atoms with Crippen molar-refractivity contribution >= 4 is 17.6 Å². The highest BCUT2D eigenvalue weighted by Gasteiger charge is 2.30. The zero-order valence-electron chi connectivity index (χ0n) is 12.7. The number of hydrogen-bond acceptors (Lipinski definition) is 4. The number of hydrogen-bond donors (Lipinski definition) is 1. The van der Waals surface area contributed by atoms with Crippen LogP contribution in [0.25, 0.3) is 0 Å². The van der Waals surface area contributed by atoms with Gasteiger partial charge < -0.3 is 4.72 Å². The number of halogens is 1. The Morgan fingerprint density at radius 3 is 2.76 bits per heavy atom. The summed E-state index contributed by atoms with van der Waals surface area (Å²) in [5.41, 5.74) is 1.41. The monoisotopic (exact) mass is 307 g/mol. The van der Waals surface area contributed by atoms with E-state index in [4.69, 9.17) is 5.26 Å². The smallest absolute Gasteiger partial charge is 0.151 e. The van der Waals surface area contributed by atoms with Crippen LogP contribution in [0.2, 0.25) is 0 Å². The second-order valence-corrected chi connectivity index (χ2v) is 6.62. The Labute approximate surface area is 130 Å². The van der Waals surface area contributed by atoms with Gasteiger partial charge >= 0.3 is 0 Å². The second kappa shape index (κ2) is 7.15. The number of anilines is 1. The maximum atomic E-state index is 14.3. The Bertz CT molecular complexity index is 519. The van der Waals surface area contributed by atoms with E-state index in [1.807, 2.05) is 18.4 Å². The van der Waals surface area contributed by atoms with Crippen molar-refractivity contribution in [1.29, 1.82) is 5.26 Å². The predicted molar refractivity (Wildman–Crippen MR) is 86.4 cm³/mol. The molecular formula is C16H22FN3S. The average Bonchev–Trinajstić information content (AvgIpc) is 2.46. The third kappa shape index (κ3) is 4.12. The first kappa shape index (κ1) is 16.1. The van der Waals surface area contributed by atoms with E-state index in [9.17, 15) is 4.39 Å². The lowest BCUT2D eigenvalue weighted by atomic mass is 9.78. The molecule has 5 heteroatoms. The molecule has 0 spiro atoms. The van der Waals surface area contributed by atoms with Crippen LogP contribution in [0, 0.1) is 22.6 Å². The zero-order chi connectivity index (χ0) is 15.3. The van der Waals surface area contributed by atoms with Gasteiger partial charge in [0.15, 0.2) is 5.82 Å². The van der Waals surface area contributed by atoms with Gasteiger partial charge in [-0.15, -0.1) is 0 Å². The first-order valence-corrected chi connectivity index (χ1v) is 8.46. The van der Waals surface area contributed by atoms with E-state index in [1.165, 1.54) is 11.9 Å². The molecule has 0 atom stereocenters. The first-order valence-electron chi connectivity index (χ1n) is 7.24. The van der Waals surface area contributed by atoms with Gasteiger partial charge in [0, 0.05) is 24.8 Å². The minimum Gasteiger partial charge on any atom is -0.328 e. The molecule has 1 aliphatic heterocycles. The number of benzene rings is 1. The topological polar surface area (TPSA) is 39.1 Å². The molecule has 0 radical (unpaired) electrons. The highest BCUT2D eigenvalue weighted by molar-refractivity contribution is 7.99. The molecule has 1 aromatic rings. The quantitative estimate of drug-likeness (QED) is 0.834. The van der Waals surface area contributed by atoms with Crippen LogP contribution in [0.5, 0.6) is 0 Å². The summed E-state index contributed by atoms with van der Waals surface area (Å²) in [6, 6.07) is 7.78. The minimum atomic E-state index is -0.155. The van der Waals surface area contributed by atoms with E-state index >= 15 is 0 Å². The molecule has 3 nitrogen and oxygen atoms in total. The van der Waals surface area contributed by atoms with Crippen molar-refractivity contribution in [2.75, 3.05) is 24.1 Å². The Morgan fingerprint density at radius 1 is 1.43 bits per heavy atom. The third-order valence-corrected chi connectivity index (χ3v) is 4.68. The maximum absolute atomic E-state index is 14.3. The van der Waals surface area contributed by atoms with Crippen LogP contribution in [0.1, 0.15) is 31.7 Å². The van der Waals surface area contributed by atoms with Crippen LogP contribution in [-0.4, -0.2) is 24.2 Å². The summed E-state index contributed by atoms with van der Waals surface area (Å²) in [7, 11) is 0. The van der Waals surface area contributed by atoms with Crippen LogP contribution in [-0.2, 0) is 6.54 Å². The molecular weight excluding hydrogens is 285 g/mol. The zero-order valence-corrected chi connectivity index (χ0v) is 13.5. The maximum Gasteiger partial charge on any atom is 0.151 e. The fraction of sp³-hybridized carbons (Fsp3) is 0.562. The lowest BCUT2D eigenvalue weighted by molar-refractivity contribution is 0.115. The molecule has 1 aliphatic rings. The second-order valence-electron chi connectivity index (χ2n) is 6.01. The Morgan fingerprint density at radius 2 is 2.14 bits per heavy atom. The van der Waals surface area contributed by atoms with Gasteiger partial charge in [0.1, 0.15) is 0 Å². The average molecular weight is 307 g/mol. The van der Waals surface area contributed by atoms with E-state index in [2.05, 4.69) is 22.6 Å². The summed E-state index contributed by atoms with van der Waals surface area (Å²) >= 11 is 1.39. The fourth-order valence-electron chi connectivity index (χ4n) is 2.75. The highest BCUT2D eigenvalue weighted by atomic mass is 32.2. The predicted octanol–water partition coefficient (Wildman–Crippen LogP) is 4.03. The van der Waals surface area contributed by atoms with E-state index in [0.29, 0.717) is 18.7 Å². The van der Waals surface area contributed by atoms with Gasteiger partial charge in [0.05, 0.1) is 11.8 Å². The lowest BCUT2D eigenvalue weighted by Gasteiger charge is -2.38. The number of nitriles is 1. The van der Waals surface area contributed by atoms with Crippen molar-refractivity contribution in [3.05, 3.63) is 29.6 Å². The number of likely N-dealkylation sites (tertiary alicyclic amines) is 1. The number of rotatable bonds is 5. The summed E-state index contributed by atoms with van der Waals surface area (Å²) in [6.07, 6.45) is 4.50. The highest BCUT2D eigenvalue weighted by Crippen LogP contribution is 2.34. The SMILES string of the molecule is CSNc1cccc(CN2CCC(C)(CC#N)CC2)c1F. The van der Waals surface area contributed by atoms with Crippen LogP contribution in [0.3, 0.4) is 0 Å². The molecule has 0 aromatic heterocycles. The number of nitrogens with zero attached hydrogens (tertiary/aromatic N) is 2. The van der Waals surface area contributed by atoms with Gasteiger partial charge in [-0.3, -0.25) is 4.90 Å². The normalized spacial score (nSPS) is 18.2. The van der Waals surface area contributed by atoms with Crippen molar-refractivity contribution < 1.29 is 4.39 Å². The summed E-state index contributed by atoms with van der Waals surface area (Å²) < 4.78 is 17.3. The van der Waals surface area contributed by atoms with Crippen LogP contribution in [0.4, 0.5) is 10.1 Å². The molecule has 1 heterocycles. The number of piperidine rings is 1. The van der Waals surface area contributed by atoms with Crippen molar-refractivity contribution in [1.82, 2.24) is 4.90 Å². The van der Waals surface area contributed by atoms with E-state index in [0.717, 1.165) is 31.5 Å². The largest absolute Gasteiger partial charge is 0.328 e. The molecule has 0 aliphatic carbocycles. The molecule has 1 saturated heterocycles. The Hall–Kier alpha value is -1.25. The molecule has 114 valence electrons. The van der Waals surface area contributed by atoms with E-state index in [-0.39, 0.29) is 11.2 Å². The van der Waals surface area contributed by atoms with Crippen molar-refractivity contribution in [3.63, 3.8) is 0 Å². The first-order chi connectivity index (χ1) is 10.1. The third-order valence-electron chi connectivity index (χ3n) is 4.25. The van der Waals surface area contributed by atoms with E-state index < -0.39 is 0 Å². The summed E-state index contributed by atoms with van der Waals surface area (Å²) in [5.74, 6) is -0.155. The molecule has 0 amide bonds. The van der Waals surface area contributed by atoms with Crippen molar-refractivity contribution in [2.24, 2.45) is 5.41 Å². The van der Waals surface area contributed by atoms with Crippen molar-refractivity contribution in [2.45, 2.75) is 32.7 Å². The van der Waals surface area contributed by atoms with Gasteiger partial charge in [-0.05, 0) is 37.4 Å². The summed E-state index contributed by atoms with van der Waals surface area (Å²) in [6.45, 7) is 4.67.